The second kappa shape index (κ2) is 13.1. The third-order valence-corrected chi connectivity index (χ3v) is 5.73. The van der Waals surface area contributed by atoms with Crippen molar-refractivity contribution in [3.8, 4) is 0 Å². The number of anilines is 1. The van der Waals surface area contributed by atoms with Gasteiger partial charge in [-0.1, -0.05) is 56.3 Å². The summed E-state index contributed by atoms with van der Waals surface area (Å²) in [5, 5.41) is 3.03. The van der Waals surface area contributed by atoms with Gasteiger partial charge in [-0.05, 0) is 42.1 Å². The first-order chi connectivity index (χ1) is 16.0. The Morgan fingerprint density at radius 2 is 1.76 bits per heavy atom. The molecule has 1 saturated heterocycles. The van der Waals surface area contributed by atoms with Crippen LogP contribution in [0, 0.1) is 5.92 Å². The van der Waals surface area contributed by atoms with Gasteiger partial charge >= 0.3 is 0 Å². The van der Waals surface area contributed by atoms with Crippen molar-refractivity contribution < 1.29 is 14.3 Å². The fraction of sp³-hybridized carbons (Fsp3) is 0.481. The minimum absolute atomic E-state index is 0.0113. The zero-order valence-electron chi connectivity index (χ0n) is 20.0. The molecule has 0 saturated carbocycles. The maximum absolute atomic E-state index is 13.0. The summed E-state index contributed by atoms with van der Waals surface area (Å²) in [6.45, 7) is 9.80. The monoisotopic (exact) mass is 451 g/mol. The van der Waals surface area contributed by atoms with E-state index in [9.17, 15) is 9.59 Å². The van der Waals surface area contributed by atoms with Crippen LogP contribution in [0.4, 0.5) is 5.69 Å². The Balaban J connectivity index is 1.57. The quantitative estimate of drug-likeness (QED) is 0.530. The van der Waals surface area contributed by atoms with E-state index < -0.39 is 0 Å². The molecule has 178 valence electrons. The van der Waals surface area contributed by atoms with Crippen LogP contribution in [0.1, 0.15) is 37.8 Å². The fourth-order valence-corrected chi connectivity index (χ4v) is 3.99. The van der Waals surface area contributed by atoms with Gasteiger partial charge in [-0.25, -0.2) is 0 Å². The number of hydrogen-bond acceptors (Lipinski definition) is 4. The maximum Gasteiger partial charge on any atom is 0.227 e. The van der Waals surface area contributed by atoms with E-state index in [1.807, 2.05) is 59.5 Å². The Bertz CT molecular complexity index is 879. The highest BCUT2D eigenvalue weighted by Gasteiger charge is 2.18. The van der Waals surface area contributed by atoms with Crippen molar-refractivity contribution in [2.75, 3.05) is 44.3 Å². The van der Waals surface area contributed by atoms with Gasteiger partial charge in [0.25, 0.3) is 0 Å². The van der Waals surface area contributed by atoms with Crippen LogP contribution in [0.15, 0.2) is 54.6 Å². The normalized spacial score (nSPS) is 14.3. The predicted molar refractivity (Wildman–Crippen MR) is 132 cm³/mol. The Morgan fingerprint density at radius 1 is 1.03 bits per heavy atom. The van der Waals surface area contributed by atoms with Gasteiger partial charge in [0.2, 0.25) is 11.8 Å². The zero-order valence-corrected chi connectivity index (χ0v) is 20.0. The van der Waals surface area contributed by atoms with E-state index in [1.54, 1.807) is 0 Å². The summed E-state index contributed by atoms with van der Waals surface area (Å²) in [4.78, 5) is 29.7. The Kier molecular flexibility index (Phi) is 9.91. The smallest absolute Gasteiger partial charge is 0.227 e. The van der Waals surface area contributed by atoms with Gasteiger partial charge in [0.05, 0.1) is 26.2 Å². The Hall–Kier alpha value is -2.70. The molecule has 0 radical (unpaired) electrons. The number of hydrogen-bond donors (Lipinski definition) is 1. The summed E-state index contributed by atoms with van der Waals surface area (Å²) < 4.78 is 5.37. The molecular weight excluding hydrogens is 414 g/mol. The number of carbonyl (C=O) groups is 2. The van der Waals surface area contributed by atoms with Crippen molar-refractivity contribution in [3.05, 3.63) is 65.7 Å². The van der Waals surface area contributed by atoms with Gasteiger partial charge in [0.1, 0.15) is 0 Å². The second-order valence-electron chi connectivity index (χ2n) is 9.07. The van der Waals surface area contributed by atoms with Gasteiger partial charge < -0.3 is 15.0 Å². The number of amides is 2. The summed E-state index contributed by atoms with van der Waals surface area (Å²) in [5.74, 6) is 0.387. The molecule has 3 rings (SSSR count). The Morgan fingerprint density at radius 3 is 2.48 bits per heavy atom. The third kappa shape index (κ3) is 8.63. The number of nitrogens with one attached hydrogen (secondary N) is 1. The topological polar surface area (TPSA) is 61.9 Å². The maximum atomic E-state index is 13.0. The van der Waals surface area contributed by atoms with E-state index in [-0.39, 0.29) is 17.7 Å². The lowest BCUT2D eigenvalue weighted by Gasteiger charge is -2.26. The highest BCUT2D eigenvalue weighted by Crippen LogP contribution is 2.22. The van der Waals surface area contributed by atoms with Crippen molar-refractivity contribution in [2.24, 2.45) is 5.92 Å². The van der Waals surface area contributed by atoms with E-state index in [0.29, 0.717) is 25.9 Å². The number of benzene rings is 2. The molecule has 1 N–H and O–H groups in total. The minimum atomic E-state index is 0.0113. The zero-order chi connectivity index (χ0) is 23.5. The molecule has 0 bridgehead atoms. The van der Waals surface area contributed by atoms with Crippen molar-refractivity contribution in [2.45, 2.75) is 39.7 Å². The highest BCUT2D eigenvalue weighted by atomic mass is 16.5. The summed E-state index contributed by atoms with van der Waals surface area (Å²) >= 11 is 0. The predicted octanol–water partition coefficient (Wildman–Crippen LogP) is 3.65. The first kappa shape index (κ1) is 24.9. The lowest BCUT2D eigenvalue weighted by molar-refractivity contribution is -0.120. The van der Waals surface area contributed by atoms with E-state index in [2.05, 4.69) is 24.1 Å². The minimum Gasteiger partial charge on any atom is -0.379 e. The first-order valence-corrected chi connectivity index (χ1v) is 12.0. The number of carbonyl (C=O) groups excluding carboxylic acids is 2. The van der Waals surface area contributed by atoms with E-state index in [0.717, 1.165) is 56.1 Å². The average Bonchev–Trinajstić information content (AvgIpc) is 2.81. The molecule has 0 spiro atoms. The Labute approximate surface area is 197 Å². The molecule has 0 unspecified atom stereocenters. The molecule has 0 aromatic heterocycles. The molecule has 33 heavy (non-hydrogen) atoms. The molecule has 2 aromatic rings. The number of ether oxygens (including phenoxy) is 1. The van der Waals surface area contributed by atoms with Gasteiger partial charge in [-0.2, -0.15) is 0 Å². The van der Waals surface area contributed by atoms with E-state index in [4.69, 9.17) is 4.74 Å². The van der Waals surface area contributed by atoms with Crippen molar-refractivity contribution in [1.29, 1.82) is 0 Å². The molecule has 6 nitrogen and oxygen atoms in total. The third-order valence-electron chi connectivity index (χ3n) is 5.73. The largest absolute Gasteiger partial charge is 0.379 e. The van der Waals surface area contributed by atoms with Crippen LogP contribution < -0.4 is 10.2 Å². The molecule has 6 heteroatoms. The fourth-order valence-electron chi connectivity index (χ4n) is 3.99. The molecule has 0 aliphatic carbocycles. The molecule has 0 atom stereocenters. The van der Waals surface area contributed by atoms with Gasteiger partial charge in [-0.3, -0.25) is 14.5 Å². The summed E-state index contributed by atoms with van der Waals surface area (Å²) in [7, 11) is 0. The average molecular weight is 452 g/mol. The van der Waals surface area contributed by atoms with Crippen LogP contribution in [0.25, 0.3) is 0 Å². The number of rotatable bonds is 11. The molecule has 1 aliphatic rings. The molecule has 1 aliphatic heterocycles. The van der Waals surface area contributed by atoms with Crippen molar-refractivity contribution in [1.82, 2.24) is 10.2 Å². The molecule has 2 amide bonds. The first-order valence-electron chi connectivity index (χ1n) is 12.0. The van der Waals surface area contributed by atoms with E-state index >= 15 is 0 Å². The van der Waals surface area contributed by atoms with Crippen molar-refractivity contribution in [3.63, 3.8) is 0 Å². The summed E-state index contributed by atoms with van der Waals surface area (Å²) in [6.07, 6.45) is 1.73. The van der Waals surface area contributed by atoms with E-state index in [1.165, 1.54) is 0 Å². The number of nitrogens with zero attached hydrogens (tertiary/aromatic N) is 2. The van der Waals surface area contributed by atoms with Crippen LogP contribution in [0.5, 0.6) is 0 Å². The summed E-state index contributed by atoms with van der Waals surface area (Å²) in [6, 6.07) is 17.8. The molecular formula is C27H37N3O3. The lowest BCUT2D eigenvalue weighted by Crippen LogP contribution is -2.38. The van der Waals surface area contributed by atoms with Gasteiger partial charge in [0.15, 0.2) is 0 Å². The molecule has 1 heterocycles. The number of morpholine rings is 1. The van der Waals surface area contributed by atoms with Crippen LogP contribution in [-0.4, -0.2) is 56.1 Å². The lowest BCUT2D eigenvalue weighted by atomic mass is 10.1. The van der Waals surface area contributed by atoms with Crippen LogP contribution >= 0.6 is 0 Å². The van der Waals surface area contributed by atoms with Crippen molar-refractivity contribution >= 4 is 17.5 Å². The molecule has 2 aromatic carbocycles. The summed E-state index contributed by atoms with van der Waals surface area (Å²) in [5.41, 5.74) is 2.83. The van der Waals surface area contributed by atoms with Crippen LogP contribution in [0.2, 0.25) is 0 Å². The van der Waals surface area contributed by atoms with Crippen LogP contribution in [0.3, 0.4) is 0 Å². The second-order valence-corrected chi connectivity index (χ2v) is 9.07. The SMILES string of the molecule is CC(C)CC(=O)N(Cc1ccccc1)c1cccc(CC(=O)NCCCN2CCOCC2)c1. The van der Waals surface area contributed by atoms with Gasteiger partial charge in [0, 0.05) is 31.7 Å². The van der Waals surface area contributed by atoms with Gasteiger partial charge in [-0.15, -0.1) is 0 Å². The van der Waals surface area contributed by atoms with Crippen LogP contribution in [-0.2, 0) is 27.3 Å². The molecule has 1 fully saturated rings. The standard InChI is InChI=1S/C27H37N3O3/c1-22(2)18-27(32)30(21-23-8-4-3-5-9-23)25-11-6-10-24(19-25)20-26(31)28-12-7-13-29-14-16-33-17-15-29/h3-6,8-11,19,22H,7,12-18,20-21H2,1-2H3,(H,28,31). The highest BCUT2D eigenvalue weighted by molar-refractivity contribution is 5.93.